The van der Waals surface area contributed by atoms with Gasteiger partial charge in [-0.3, -0.25) is 0 Å². The Labute approximate surface area is 124 Å². The minimum Gasteiger partial charge on any atom is -0.493 e. The van der Waals surface area contributed by atoms with Crippen molar-refractivity contribution in [3.8, 4) is 5.75 Å². The first-order valence-electron chi connectivity index (χ1n) is 7.32. The molecule has 1 aliphatic carbocycles. The van der Waals surface area contributed by atoms with Crippen molar-refractivity contribution in [2.45, 2.75) is 45.1 Å². The minimum absolute atomic E-state index is 0.447. The van der Waals surface area contributed by atoms with Crippen LogP contribution in [0.3, 0.4) is 0 Å². The Kier molecular flexibility index (Phi) is 3.86. The SMILES string of the molecule is CC1(CNC2CCCOc3cc(Br)ccc32)CCC1. The van der Waals surface area contributed by atoms with Gasteiger partial charge >= 0.3 is 0 Å². The zero-order valence-electron chi connectivity index (χ0n) is 11.5. The van der Waals surface area contributed by atoms with Crippen molar-refractivity contribution in [1.29, 1.82) is 0 Å². The first-order valence-corrected chi connectivity index (χ1v) is 8.11. The Morgan fingerprint density at radius 1 is 1.37 bits per heavy atom. The Morgan fingerprint density at radius 2 is 2.21 bits per heavy atom. The van der Waals surface area contributed by atoms with Crippen molar-refractivity contribution in [3.05, 3.63) is 28.2 Å². The van der Waals surface area contributed by atoms with Crippen molar-refractivity contribution < 1.29 is 4.74 Å². The van der Waals surface area contributed by atoms with Gasteiger partial charge in [0.15, 0.2) is 0 Å². The molecule has 1 atom stereocenters. The molecule has 3 heteroatoms. The van der Waals surface area contributed by atoms with E-state index in [1.165, 1.54) is 31.2 Å². The van der Waals surface area contributed by atoms with Crippen LogP contribution in [-0.4, -0.2) is 13.2 Å². The molecule has 104 valence electrons. The molecule has 1 aromatic rings. The number of ether oxygens (including phenoxy) is 1. The predicted molar refractivity (Wildman–Crippen MR) is 81.6 cm³/mol. The lowest BCUT2D eigenvalue weighted by Crippen LogP contribution is -2.38. The predicted octanol–water partition coefficient (Wildman–Crippen LogP) is 4.44. The molecule has 3 rings (SSSR count). The van der Waals surface area contributed by atoms with Gasteiger partial charge < -0.3 is 10.1 Å². The molecular formula is C16H22BrNO. The number of benzene rings is 1. The second-order valence-electron chi connectivity index (χ2n) is 6.27. The van der Waals surface area contributed by atoms with Crippen molar-refractivity contribution in [3.63, 3.8) is 0 Å². The topological polar surface area (TPSA) is 21.3 Å². The molecule has 1 aromatic carbocycles. The second-order valence-corrected chi connectivity index (χ2v) is 7.19. The first kappa shape index (κ1) is 13.4. The molecule has 0 amide bonds. The van der Waals surface area contributed by atoms with Gasteiger partial charge in [0.25, 0.3) is 0 Å². The molecule has 0 spiro atoms. The van der Waals surface area contributed by atoms with Crippen LogP contribution in [0.2, 0.25) is 0 Å². The van der Waals surface area contributed by atoms with Gasteiger partial charge in [0.05, 0.1) is 6.61 Å². The summed E-state index contributed by atoms with van der Waals surface area (Å²) in [5.74, 6) is 1.04. The third kappa shape index (κ3) is 2.97. The van der Waals surface area contributed by atoms with Crippen LogP contribution in [-0.2, 0) is 0 Å². The average molecular weight is 324 g/mol. The Hall–Kier alpha value is -0.540. The summed E-state index contributed by atoms with van der Waals surface area (Å²) in [5.41, 5.74) is 1.85. The lowest BCUT2D eigenvalue weighted by molar-refractivity contribution is 0.150. The molecule has 1 saturated carbocycles. The van der Waals surface area contributed by atoms with Gasteiger partial charge in [0, 0.05) is 22.6 Å². The maximum absolute atomic E-state index is 5.86. The fourth-order valence-electron chi connectivity index (χ4n) is 3.08. The molecule has 1 fully saturated rings. The van der Waals surface area contributed by atoms with Crippen LogP contribution in [0.25, 0.3) is 0 Å². The summed E-state index contributed by atoms with van der Waals surface area (Å²) in [6.07, 6.45) is 6.44. The van der Waals surface area contributed by atoms with E-state index in [1.54, 1.807) is 0 Å². The van der Waals surface area contributed by atoms with Crippen LogP contribution in [0, 0.1) is 5.41 Å². The molecular weight excluding hydrogens is 302 g/mol. The number of hydrogen-bond acceptors (Lipinski definition) is 2. The van der Waals surface area contributed by atoms with Gasteiger partial charge in [0.2, 0.25) is 0 Å². The number of nitrogens with one attached hydrogen (secondary N) is 1. The van der Waals surface area contributed by atoms with E-state index in [-0.39, 0.29) is 0 Å². The maximum atomic E-state index is 5.86. The molecule has 1 unspecified atom stereocenters. The lowest BCUT2D eigenvalue weighted by Gasteiger charge is -2.39. The van der Waals surface area contributed by atoms with Gasteiger partial charge in [-0.1, -0.05) is 35.3 Å². The molecule has 1 N–H and O–H groups in total. The van der Waals surface area contributed by atoms with Crippen molar-refractivity contribution in [2.24, 2.45) is 5.41 Å². The monoisotopic (exact) mass is 323 g/mol. The van der Waals surface area contributed by atoms with E-state index in [4.69, 9.17) is 4.74 Å². The highest BCUT2D eigenvalue weighted by Gasteiger charge is 2.32. The summed E-state index contributed by atoms with van der Waals surface area (Å²) < 4.78 is 6.96. The number of fused-ring (bicyclic) bond motifs is 1. The van der Waals surface area contributed by atoms with Crippen LogP contribution in [0.15, 0.2) is 22.7 Å². The van der Waals surface area contributed by atoms with Crippen LogP contribution in [0.1, 0.15) is 50.6 Å². The molecule has 2 aliphatic rings. The number of halogens is 1. The highest BCUT2D eigenvalue weighted by molar-refractivity contribution is 9.10. The first-order chi connectivity index (χ1) is 9.16. The van der Waals surface area contributed by atoms with E-state index < -0.39 is 0 Å². The summed E-state index contributed by atoms with van der Waals surface area (Å²) in [5, 5.41) is 3.78. The minimum atomic E-state index is 0.447. The largest absolute Gasteiger partial charge is 0.493 e. The van der Waals surface area contributed by atoms with E-state index in [1.807, 2.05) is 0 Å². The van der Waals surface area contributed by atoms with Crippen LogP contribution in [0.5, 0.6) is 5.75 Å². The summed E-state index contributed by atoms with van der Waals surface area (Å²) >= 11 is 3.53. The third-order valence-electron chi connectivity index (χ3n) is 4.58. The molecule has 19 heavy (non-hydrogen) atoms. The molecule has 0 bridgehead atoms. The van der Waals surface area contributed by atoms with Crippen LogP contribution < -0.4 is 10.1 Å². The average Bonchev–Trinajstić information content (AvgIpc) is 2.56. The highest BCUT2D eigenvalue weighted by Crippen LogP contribution is 2.41. The van der Waals surface area contributed by atoms with Gasteiger partial charge in [-0.05, 0) is 43.2 Å². The summed E-state index contributed by atoms with van der Waals surface area (Å²) in [7, 11) is 0. The fourth-order valence-corrected chi connectivity index (χ4v) is 3.42. The highest BCUT2D eigenvalue weighted by atomic mass is 79.9. The van der Waals surface area contributed by atoms with Crippen molar-refractivity contribution >= 4 is 15.9 Å². The molecule has 1 heterocycles. The van der Waals surface area contributed by atoms with Gasteiger partial charge in [0.1, 0.15) is 5.75 Å². The second kappa shape index (κ2) is 5.45. The Bertz CT molecular complexity index is 456. The van der Waals surface area contributed by atoms with E-state index in [9.17, 15) is 0 Å². The van der Waals surface area contributed by atoms with Gasteiger partial charge in [-0.2, -0.15) is 0 Å². The molecule has 0 saturated heterocycles. The molecule has 1 aliphatic heterocycles. The fraction of sp³-hybridized carbons (Fsp3) is 0.625. The standard InChI is InChI=1S/C16H22BrNO/c1-16(7-3-8-16)11-18-14-4-2-9-19-15-10-12(17)5-6-13(14)15/h5-6,10,14,18H,2-4,7-9,11H2,1H3. The van der Waals surface area contributed by atoms with Crippen LogP contribution in [0.4, 0.5) is 0 Å². The van der Waals surface area contributed by atoms with E-state index in [2.05, 4.69) is 46.4 Å². The third-order valence-corrected chi connectivity index (χ3v) is 5.07. The summed E-state index contributed by atoms with van der Waals surface area (Å²) in [4.78, 5) is 0. The zero-order valence-corrected chi connectivity index (χ0v) is 13.1. The van der Waals surface area contributed by atoms with Gasteiger partial charge in [-0.25, -0.2) is 0 Å². The molecule has 2 nitrogen and oxygen atoms in total. The normalized spacial score (nSPS) is 24.8. The summed E-state index contributed by atoms with van der Waals surface area (Å²) in [6, 6.07) is 6.86. The lowest BCUT2D eigenvalue weighted by atomic mass is 9.70. The smallest absolute Gasteiger partial charge is 0.125 e. The van der Waals surface area contributed by atoms with Crippen molar-refractivity contribution in [1.82, 2.24) is 5.32 Å². The molecule has 0 aromatic heterocycles. The quantitative estimate of drug-likeness (QED) is 0.887. The van der Waals surface area contributed by atoms with E-state index in [0.717, 1.165) is 29.8 Å². The zero-order chi connectivity index (χ0) is 13.3. The Morgan fingerprint density at radius 3 is 2.95 bits per heavy atom. The van der Waals surface area contributed by atoms with Crippen molar-refractivity contribution in [2.75, 3.05) is 13.2 Å². The summed E-state index contributed by atoms with van der Waals surface area (Å²) in [6.45, 7) is 4.37. The van der Waals surface area contributed by atoms with E-state index >= 15 is 0 Å². The number of hydrogen-bond donors (Lipinski definition) is 1. The van der Waals surface area contributed by atoms with Gasteiger partial charge in [-0.15, -0.1) is 0 Å². The maximum Gasteiger partial charge on any atom is 0.125 e. The number of rotatable bonds is 3. The van der Waals surface area contributed by atoms with Crippen LogP contribution >= 0.6 is 15.9 Å². The van der Waals surface area contributed by atoms with E-state index in [0.29, 0.717) is 11.5 Å². The Balaban J connectivity index is 1.74. The molecule has 0 radical (unpaired) electrons.